The number of aromatic nitrogens is 3. The van der Waals surface area contributed by atoms with Gasteiger partial charge in [-0.2, -0.15) is 10.1 Å². The molecule has 0 fully saturated rings. The van der Waals surface area contributed by atoms with Crippen molar-refractivity contribution in [2.75, 3.05) is 37.8 Å². The second kappa shape index (κ2) is 6.22. The summed E-state index contributed by atoms with van der Waals surface area (Å²) in [4.78, 5) is 6.40. The maximum Gasteiger partial charge on any atom is 0.244 e. The number of hydrogen-bond acceptors (Lipinski definition) is 6. The highest BCUT2D eigenvalue weighted by atomic mass is 15.3. The van der Waals surface area contributed by atoms with Crippen LogP contribution in [-0.2, 0) is 0 Å². The SMILES string of the molecule is CC(C)Nc1nncc(NCCN(C)C)n1. The average Bonchev–Trinajstić information content (AvgIpc) is 2.16. The standard InChI is InChI=1S/C10H20N6/c1-8(2)13-10-14-9(7-12-15-10)11-5-6-16(3)4/h7-8H,5-6H2,1-4H3,(H2,11,13,14,15). The van der Waals surface area contributed by atoms with E-state index in [0.29, 0.717) is 12.0 Å². The molecular weight excluding hydrogens is 204 g/mol. The van der Waals surface area contributed by atoms with E-state index in [1.54, 1.807) is 6.20 Å². The Balaban J connectivity index is 2.47. The van der Waals surface area contributed by atoms with Crippen LogP contribution < -0.4 is 10.6 Å². The highest BCUT2D eigenvalue weighted by Crippen LogP contribution is 2.04. The van der Waals surface area contributed by atoms with E-state index in [9.17, 15) is 0 Å². The molecule has 1 heterocycles. The van der Waals surface area contributed by atoms with Gasteiger partial charge in [0, 0.05) is 19.1 Å². The summed E-state index contributed by atoms with van der Waals surface area (Å²) in [6, 6.07) is 0.304. The monoisotopic (exact) mass is 224 g/mol. The lowest BCUT2D eigenvalue weighted by atomic mass is 10.4. The molecule has 0 unspecified atom stereocenters. The van der Waals surface area contributed by atoms with Crippen molar-refractivity contribution in [3.8, 4) is 0 Å². The maximum atomic E-state index is 4.30. The van der Waals surface area contributed by atoms with Crippen LogP contribution in [0.2, 0.25) is 0 Å². The van der Waals surface area contributed by atoms with Gasteiger partial charge in [-0.1, -0.05) is 0 Å². The molecule has 0 aliphatic heterocycles. The number of rotatable bonds is 6. The average molecular weight is 224 g/mol. The van der Waals surface area contributed by atoms with Crippen LogP contribution in [-0.4, -0.2) is 53.3 Å². The minimum Gasteiger partial charge on any atom is -0.367 e. The molecule has 0 saturated carbocycles. The maximum absolute atomic E-state index is 4.30. The van der Waals surface area contributed by atoms with Crippen molar-refractivity contribution in [1.82, 2.24) is 20.1 Å². The zero-order chi connectivity index (χ0) is 12.0. The predicted molar refractivity (Wildman–Crippen MR) is 65.6 cm³/mol. The molecule has 0 spiro atoms. The lowest BCUT2D eigenvalue weighted by Crippen LogP contribution is -2.21. The number of hydrogen-bond donors (Lipinski definition) is 2. The van der Waals surface area contributed by atoms with Crippen molar-refractivity contribution in [2.24, 2.45) is 0 Å². The van der Waals surface area contributed by atoms with Crippen molar-refractivity contribution < 1.29 is 0 Å². The molecule has 0 atom stereocenters. The highest BCUT2D eigenvalue weighted by molar-refractivity contribution is 5.37. The van der Waals surface area contributed by atoms with Gasteiger partial charge in [-0.15, -0.1) is 5.10 Å². The summed E-state index contributed by atoms with van der Waals surface area (Å²) in [6.07, 6.45) is 1.63. The van der Waals surface area contributed by atoms with Gasteiger partial charge in [-0.25, -0.2) is 0 Å². The fourth-order valence-electron chi connectivity index (χ4n) is 1.12. The normalized spacial score (nSPS) is 10.9. The first-order valence-electron chi connectivity index (χ1n) is 5.43. The van der Waals surface area contributed by atoms with Gasteiger partial charge < -0.3 is 15.5 Å². The van der Waals surface area contributed by atoms with Crippen molar-refractivity contribution in [1.29, 1.82) is 0 Å². The van der Waals surface area contributed by atoms with Gasteiger partial charge in [0.15, 0.2) is 5.82 Å². The van der Waals surface area contributed by atoms with E-state index in [4.69, 9.17) is 0 Å². The van der Waals surface area contributed by atoms with Crippen LogP contribution in [0.3, 0.4) is 0 Å². The molecular formula is C10H20N6. The van der Waals surface area contributed by atoms with Crippen LogP contribution in [0, 0.1) is 0 Å². The smallest absolute Gasteiger partial charge is 0.244 e. The topological polar surface area (TPSA) is 66.0 Å². The first-order chi connectivity index (χ1) is 7.58. The molecule has 6 nitrogen and oxygen atoms in total. The van der Waals surface area contributed by atoms with Crippen LogP contribution in [0.15, 0.2) is 6.20 Å². The Bertz CT molecular complexity index is 312. The Hall–Kier alpha value is -1.43. The van der Waals surface area contributed by atoms with Crippen LogP contribution in [0.1, 0.15) is 13.8 Å². The van der Waals surface area contributed by atoms with E-state index in [-0.39, 0.29) is 0 Å². The fourth-order valence-corrected chi connectivity index (χ4v) is 1.12. The summed E-state index contributed by atoms with van der Waals surface area (Å²) in [5.74, 6) is 1.31. The Morgan fingerprint density at radius 2 is 2.12 bits per heavy atom. The molecule has 1 rings (SSSR count). The summed E-state index contributed by atoms with van der Waals surface area (Å²) in [7, 11) is 4.07. The number of likely N-dealkylation sites (N-methyl/N-ethyl adjacent to an activating group) is 1. The van der Waals surface area contributed by atoms with Crippen LogP contribution in [0.4, 0.5) is 11.8 Å². The van der Waals surface area contributed by atoms with E-state index < -0.39 is 0 Å². The molecule has 0 aliphatic rings. The summed E-state index contributed by atoms with van der Waals surface area (Å²) in [6.45, 7) is 5.87. The summed E-state index contributed by atoms with van der Waals surface area (Å²) >= 11 is 0. The van der Waals surface area contributed by atoms with Gasteiger partial charge in [0.2, 0.25) is 5.95 Å². The molecule has 0 aliphatic carbocycles. The second-order valence-corrected chi connectivity index (χ2v) is 4.19. The number of anilines is 2. The van der Waals surface area contributed by atoms with Gasteiger partial charge in [0.1, 0.15) is 0 Å². The van der Waals surface area contributed by atoms with Gasteiger partial charge in [0.25, 0.3) is 0 Å². The van der Waals surface area contributed by atoms with Crippen LogP contribution >= 0.6 is 0 Å². The largest absolute Gasteiger partial charge is 0.367 e. The summed E-state index contributed by atoms with van der Waals surface area (Å²) < 4.78 is 0. The lowest BCUT2D eigenvalue weighted by molar-refractivity contribution is 0.425. The summed E-state index contributed by atoms with van der Waals surface area (Å²) in [5.41, 5.74) is 0. The zero-order valence-corrected chi connectivity index (χ0v) is 10.4. The molecule has 16 heavy (non-hydrogen) atoms. The Kier molecular flexibility index (Phi) is 4.91. The molecule has 1 aromatic rings. The molecule has 2 N–H and O–H groups in total. The first kappa shape index (κ1) is 12.6. The predicted octanol–water partition coefficient (Wildman–Crippen LogP) is 0.665. The van der Waals surface area contributed by atoms with Gasteiger partial charge in [-0.05, 0) is 27.9 Å². The van der Waals surface area contributed by atoms with Crippen LogP contribution in [0.25, 0.3) is 0 Å². The minimum atomic E-state index is 0.304. The van der Waals surface area contributed by atoms with Gasteiger partial charge >= 0.3 is 0 Å². The molecule has 0 aromatic carbocycles. The number of nitrogens with zero attached hydrogens (tertiary/aromatic N) is 4. The third kappa shape index (κ3) is 4.88. The molecule has 0 radical (unpaired) electrons. The minimum absolute atomic E-state index is 0.304. The van der Waals surface area contributed by atoms with Crippen molar-refractivity contribution >= 4 is 11.8 Å². The number of nitrogens with one attached hydrogen (secondary N) is 2. The van der Waals surface area contributed by atoms with E-state index >= 15 is 0 Å². The van der Waals surface area contributed by atoms with Crippen molar-refractivity contribution in [3.05, 3.63) is 6.20 Å². The Labute approximate surface area is 96.5 Å². The molecule has 90 valence electrons. The lowest BCUT2D eigenvalue weighted by Gasteiger charge is -2.11. The quantitative estimate of drug-likeness (QED) is 0.740. The van der Waals surface area contributed by atoms with E-state index in [1.165, 1.54) is 0 Å². The molecule has 0 saturated heterocycles. The Morgan fingerprint density at radius 3 is 2.75 bits per heavy atom. The molecule has 0 bridgehead atoms. The highest BCUT2D eigenvalue weighted by Gasteiger charge is 2.01. The third-order valence-corrected chi connectivity index (χ3v) is 1.84. The van der Waals surface area contributed by atoms with E-state index in [2.05, 4.69) is 30.7 Å². The van der Waals surface area contributed by atoms with E-state index in [0.717, 1.165) is 18.9 Å². The zero-order valence-electron chi connectivity index (χ0n) is 10.4. The van der Waals surface area contributed by atoms with Crippen LogP contribution in [0.5, 0.6) is 0 Å². The van der Waals surface area contributed by atoms with Crippen molar-refractivity contribution in [3.63, 3.8) is 0 Å². The molecule has 6 heteroatoms. The molecule has 1 aromatic heterocycles. The third-order valence-electron chi connectivity index (χ3n) is 1.84. The first-order valence-corrected chi connectivity index (χ1v) is 5.43. The molecule has 0 amide bonds. The van der Waals surface area contributed by atoms with Gasteiger partial charge in [-0.3, -0.25) is 0 Å². The Morgan fingerprint density at radius 1 is 1.38 bits per heavy atom. The fraction of sp³-hybridized carbons (Fsp3) is 0.700. The second-order valence-electron chi connectivity index (χ2n) is 4.19. The van der Waals surface area contributed by atoms with Crippen molar-refractivity contribution in [2.45, 2.75) is 19.9 Å². The summed E-state index contributed by atoms with van der Waals surface area (Å²) in [5, 5.41) is 14.1. The van der Waals surface area contributed by atoms with E-state index in [1.807, 2.05) is 27.9 Å². The van der Waals surface area contributed by atoms with Gasteiger partial charge in [0.05, 0.1) is 6.20 Å².